The topological polar surface area (TPSA) is 84.9 Å². The molecule has 0 saturated carbocycles. The minimum absolute atomic E-state index is 0.0483. The second-order valence-electron chi connectivity index (χ2n) is 6.63. The molecule has 1 fully saturated rings. The summed E-state index contributed by atoms with van der Waals surface area (Å²) in [7, 11) is 1.52. The number of imide groups is 2. The molecular weight excluding hydrogens is 567 g/mol. The van der Waals surface area contributed by atoms with Crippen LogP contribution in [0.4, 0.5) is 10.5 Å². The van der Waals surface area contributed by atoms with Crippen LogP contribution < -0.4 is 19.7 Å². The number of ether oxygens (including phenoxy) is 2. The van der Waals surface area contributed by atoms with E-state index in [-0.39, 0.29) is 11.7 Å². The molecule has 1 saturated heterocycles. The third-order valence-corrected chi connectivity index (χ3v) is 5.43. The van der Waals surface area contributed by atoms with Gasteiger partial charge in [0.2, 0.25) is 0 Å². The second kappa shape index (κ2) is 9.17. The molecule has 1 N–H and O–H groups in total. The van der Waals surface area contributed by atoms with Crippen molar-refractivity contribution in [2.75, 3.05) is 12.0 Å². The molecule has 0 atom stereocenters. The molecule has 2 aromatic carbocycles. The summed E-state index contributed by atoms with van der Waals surface area (Å²) in [5, 5.41) is 2.21. The first kappa shape index (κ1) is 22.3. The van der Waals surface area contributed by atoms with Gasteiger partial charge in [0.15, 0.2) is 11.5 Å². The number of anilines is 1. The van der Waals surface area contributed by atoms with Crippen LogP contribution in [0.25, 0.3) is 6.08 Å². The lowest BCUT2D eigenvalue weighted by Gasteiger charge is -2.26. The van der Waals surface area contributed by atoms with Crippen molar-refractivity contribution in [1.82, 2.24) is 5.32 Å². The van der Waals surface area contributed by atoms with Gasteiger partial charge in [0.05, 0.1) is 22.5 Å². The number of amides is 4. The van der Waals surface area contributed by atoms with Crippen molar-refractivity contribution < 1.29 is 23.9 Å². The second-order valence-corrected chi connectivity index (χ2v) is 8.71. The molecule has 156 valence electrons. The maximum Gasteiger partial charge on any atom is 0.335 e. The Hall–Kier alpha value is -2.40. The molecule has 0 aliphatic carbocycles. The first-order valence-corrected chi connectivity index (χ1v) is 10.8. The fraction of sp³-hybridized carbons (Fsp3) is 0.190. The van der Waals surface area contributed by atoms with Gasteiger partial charge in [-0.15, -0.1) is 0 Å². The molecule has 1 aliphatic rings. The third kappa shape index (κ3) is 4.67. The van der Waals surface area contributed by atoms with E-state index in [1.165, 1.54) is 13.2 Å². The fourth-order valence-electron chi connectivity index (χ4n) is 2.82. The Morgan fingerprint density at radius 1 is 1.13 bits per heavy atom. The highest BCUT2D eigenvalue weighted by Gasteiger charge is 2.36. The van der Waals surface area contributed by atoms with Crippen LogP contribution >= 0.6 is 38.5 Å². The summed E-state index contributed by atoms with van der Waals surface area (Å²) >= 11 is 5.42. The van der Waals surface area contributed by atoms with Gasteiger partial charge in [-0.2, -0.15) is 0 Å². The predicted octanol–water partition coefficient (Wildman–Crippen LogP) is 4.52. The largest absolute Gasteiger partial charge is 0.493 e. The van der Waals surface area contributed by atoms with Crippen molar-refractivity contribution in [3.63, 3.8) is 0 Å². The molecule has 0 unspecified atom stereocenters. The van der Waals surface area contributed by atoms with Crippen molar-refractivity contribution >= 4 is 68.1 Å². The lowest BCUT2D eigenvalue weighted by atomic mass is 10.1. The Bertz CT molecular complexity index is 1050. The van der Waals surface area contributed by atoms with Crippen LogP contribution in [-0.2, 0) is 9.59 Å². The molecule has 7 nitrogen and oxygen atoms in total. The SMILES string of the molecule is COc1cc(/C=C2\C(=O)NC(=O)N(c3ccc(Br)cc3)C2=O)cc(I)c1OC(C)C. The van der Waals surface area contributed by atoms with Gasteiger partial charge >= 0.3 is 6.03 Å². The van der Waals surface area contributed by atoms with Crippen LogP contribution in [0.15, 0.2) is 46.4 Å². The van der Waals surface area contributed by atoms with Gasteiger partial charge in [0.1, 0.15) is 5.57 Å². The monoisotopic (exact) mass is 584 g/mol. The molecule has 0 spiro atoms. The molecule has 3 rings (SSSR count). The smallest absolute Gasteiger partial charge is 0.335 e. The third-order valence-electron chi connectivity index (χ3n) is 4.10. The van der Waals surface area contributed by atoms with Crippen LogP contribution in [0, 0.1) is 3.57 Å². The molecular formula is C21H18BrIN2O5. The predicted molar refractivity (Wildman–Crippen MR) is 125 cm³/mol. The molecule has 0 radical (unpaired) electrons. The number of hydrogen-bond donors (Lipinski definition) is 1. The first-order chi connectivity index (χ1) is 14.2. The lowest BCUT2D eigenvalue weighted by molar-refractivity contribution is -0.122. The minimum atomic E-state index is -0.794. The summed E-state index contributed by atoms with van der Waals surface area (Å²) < 4.78 is 12.8. The van der Waals surface area contributed by atoms with E-state index in [1.807, 2.05) is 13.8 Å². The Kier molecular flexibility index (Phi) is 6.81. The van der Waals surface area contributed by atoms with Crippen molar-refractivity contribution in [2.45, 2.75) is 20.0 Å². The van der Waals surface area contributed by atoms with Crippen molar-refractivity contribution in [2.24, 2.45) is 0 Å². The summed E-state index contributed by atoms with van der Waals surface area (Å²) in [5.41, 5.74) is 0.760. The van der Waals surface area contributed by atoms with Gasteiger partial charge in [-0.3, -0.25) is 14.9 Å². The average Bonchev–Trinajstić information content (AvgIpc) is 2.68. The Labute approximate surface area is 195 Å². The zero-order valence-electron chi connectivity index (χ0n) is 16.4. The van der Waals surface area contributed by atoms with E-state index in [9.17, 15) is 14.4 Å². The number of methoxy groups -OCH3 is 1. The molecule has 9 heteroatoms. The molecule has 4 amide bonds. The van der Waals surface area contributed by atoms with Crippen LogP contribution in [-0.4, -0.2) is 31.1 Å². The highest BCUT2D eigenvalue weighted by atomic mass is 127. The molecule has 1 aliphatic heterocycles. The fourth-order valence-corrected chi connectivity index (χ4v) is 3.84. The standard InChI is InChI=1S/C21H18BrIN2O5/c1-11(2)30-18-16(23)9-12(10-17(18)29-3)8-15-19(26)24-21(28)25(20(15)27)14-6-4-13(22)5-7-14/h4-11H,1-3H3,(H,24,26,28)/b15-8+. The van der Waals surface area contributed by atoms with E-state index in [2.05, 4.69) is 43.8 Å². The van der Waals surface area contributed by atoms with Crippen LogP contribution in [0.3, 0.4) is 0 Å². The number of rotatable bonds is 5. The Balaban J connectivity index is 2.02. The molecule has 2 aromatic rings. The number of barbiturate groups is 1. The highest BCUT2D eigenvalue weighted by molar-refractivity contribution is 14.1. The quantitative estimate of drug-likeness (QED) is 0.317. The van der Waals surface area contributed by atoms with Crippen LogP contribution in [0.1, 0.15) is 19.4 Å². The number of nitrogens with one attached hydrogen (secondary N) is 1. The van der Waals surface area contributed by atoms with E-state index < -0.39 is 17.8 Å². The zero-order chi connectivity index (χ0) is 22.0. The van der Waals surface area contributed by atoms with Crippen LogP contribution in [0.5, 0.6) is 11.5 Å². The molecule has 0 aromatic heterocycles. The van der Waals surface area contributed by atoms with Gasteiger partial charge < -0.3 is 9.47 Å². The van der Waals surface area contributed by atoms with Crippen LogP contribution in [0.2, 0.25) is 0 Å². The van der Waals surface area contributed by atoms with E-state index in [1.54, 1.807) is 36.4 Å². The number of urea groups is 1. The van der Waals surface area contributed by atoms with E-state index in [0.717, 1.165) is 12.9 Å². The van der Waals surface area contributed by atoms with E-state index in [0.29, 0.717) is 22.7 Å². The number of hydrogen-bond acceptors (Lipinski definition) is 5. The van der Waals surface area contributed by atoms with Gasteiger partial charge in [0.25, 0.3) is 11.8 Å². The number of nitrogens with zero attached hydrogens (tertiary/aromatic N) is 1. The van der Waals surface area contributed by atoms with E-state index >= 15 is 0 Å². The summed E-state index contributed by atoms with van der Waals surface area (Å²) in [6, 6.07) is 9.28. The normalized spacial score (nSPS) is 15.6. The van der Waals surface area contributed by atoms with Crippen molar-refractivity contribution in [1.29, 1.82) is 0 Å². The molecule has 30 heavy (non-hydrogen) atoms. The summed E-state index contributed by atoms with van der Waals surface area (Å²) in [4.78, 5) is 38.6. The highest BCUT2D eigenvalue weighted by Crippen LogP contribution is 2.35. The first-order valence-electron chi connectivity index (χ1n) is 8.92. The minimum Gasteiger partial charge on any atom is -0.493 e. The Morgan fingerprint density at radius 2 is 1.80 bits per heavy atom. The molecule has 1 heterocycles. The number of carbonyl (C=O) groups is 3. The van der Waals surface area contributed by atoms with Crippen molar-refractivity contribution in [3.8, 4) is 11.5 Å². The van der Waals surface area contributed by atoms with Gasteiger partial charge in [0, 0.05) is 4.47 Å². The van der Waals surface area contributed by atoms with Crippen molar-refractivity contribution in [3.05, 3.63) is 55.6 Å². The molecule has 0 bridgehead atoms. The summed E-state index contributed by atoms with van der Waals surface area (Å²) in [5.74, 6) is -0.398. The number of halogens is 2. The summed E-state index contributed by atoms with van der Waals surface area (Å²) in [6.07, 6.45) is 1.38. The maximum absolute atomic E-state index is 13.0. The average molecular weight is 585 g/mol. The van der Waals surface area contributed by atoms with Gasteiger partial charge in [-0.1, -0.05) is 15.9 Å². The number of benzene rings is 2. The number of carbonyl (C=O) groups excluding carboxylic acids is 3. The van der Waals surface area contributed by atoms with Gasteiger partial charge in [-0.05, 0) is 84.5 Å². The van der Waals surface area contributed by atoms with Gasteiger partial charge in [-0.25, -0.2) is 9.69 Å². The Morgan fingerprint density at radius 3 is 2.40 bits per heavy atom. The lowest BCUT2D eigenvalue weighted by Crippen LogP contribution is -2.54. The zero-order valence-corrected chi connectivity index (χ0v) is 20.1. The summed E-state index contributed by atoms with van der Waals surface area (Å²) in [6.45, 7) is 3.81. The van der Waals surface area contributed by atoms with E-state index in [4.69, 9.17) is 9.47 Å². The maximum atomic E-state index is 13.0.